The molecule has 1 N–H and O–H groups in total. The Kier molecular flexibility index (Phi) is 4.81. The van der Waals surface area contributed by atoms with E-state index in [1.165, 1.54) is 18.9 Å². The molecule has 0 spiro atoms. The van der Waals surface area contributed by atoms with E-state index in [9.17, 15) is 4.79 Å². The molecule has 1 aromatic carbocycles. The van der Waals surface area contributed by atoms with Gasteiger partial charge in [-0.15, -0.1) is 0 Å². The molecule has 2 aromatic rings. The number of hydrogen-bond donors (Lipinski definition) is 1. The van der Waals surface area contributed by atoms with E-state index in [4.69, 9.17) is 9.15 Å². The highest BCUT2D eigenvalue weighted by Gasteiger charge is 2.18. The van der Waals surface area contributed by atoms with Crippen molar-refractivity contribution in [1.82, 2.24) is 0 Å². The molecule has 3 rings (SSSR count). The molecule has 23 heavy (non-hydrogen) atoms. The molecule has 1 heterocycles. The summed E-state index contributed by atoms with van der Waals surface area (Å²) in [4.78, 5) is 12.0. The van der Waals surface area contributed by atoms with E-state index in [0.717, 1.165) is 29.8 Å². The van der Waals surface area contributed by atoms with Crippen LogP contribution in [0.4, 0.5) is 5.69 Å². The fourth-order valence-electron chi connectivity index (χ4n) is 2.78. The minimum absolute atomic E-state index is 0.192. The maximum Gasteiger partial charge on any atom is 0.248 e. The summed E-state index contributed by atoms with van der Waals surface area (Å²) in [6.07, 6.45) is 9.68. The van der Waals surface area contributed by atoms with Crippen molar-refractivity contribution in [3.05, 3.63) is 54.0 Å². The first kappa shape index (κ1) is 15.4. The molecule has 4 nitrogen and oxygen atoms in total. The summed E-state index contributed by atoms with van der Waals surface area (Å²) in [5.74, 6) is 1.31. The molecule has 4 heteroatoms. The molecular formula is C19H21NO3. The summed E-state index contributed by atoms with van der Waals surface area (Å²) >= 11 is 0. The second-order valence-electron chi connectivity index (χ2n) is 5.79. The summed E-state index contributed by atoms with van der Waals surface area (Å²) in [6, 6.07) is 9.33. The van der Waals surface area contributed by atoms with Gasteiger partial charge < -0.3 is 14.5 Å². The Morgan fingerprint density at radius 3 is 2.83 bits per heavy atom. The van der Waals surface area contributed by atoms with Gasteiger partial charge in [0.2, 0.25) is 5.91 Å². The molecule has 1 saturated carbocycles. The maximum atomic E-state index is 12.0. The lowest BCUT2D eigenvalue weighted by Crippen LogP contribution is -2.13. The topological polar surface area (TPSA) is 51.5 Å². The van der Waals surface area contributed by atoms with Crippen molar-refractivity contribution in [2.45, 2.75) is 38.7 Å². The molecule has 1 aliphatic carbocycles. The number of carbonyl (C=O) groups is 1. The van der Waals surface area contributed by atoms with Crippen molar-refractivity contribution in [3.63, 3.8) is 0 Å². The third-order valence-corrected chi connectivity index (χ3v) is 4.08. The molecule has 1 fully saturated rings. The lowest BCUT2D eigenvalue weighted by molar-refractivity contribution is -0.111. The standard InChI is InChI=1S/C19H21NO3/c1-14-17(20-19(21)12-11-15-8-5-13-22-15)9-4-10-18(14)23-16-6-2-3-7-16/h4-5,8-13,16H,2-3,6-7H2,1H3,(H,20,21)/b12-11+. The summed E-state index contributed by atoms with van der Waals surface area (Å²) in [5.41, 5.74) is 1.73. The number of nitrogens with one attached hydrogen (secondary N) is 1. The number of benzene rings is 1. The van der Waals surface area contributed by atoms with Crippen LogP contribution in [0.1, 0.15) is 37.0 Å². The van der Waals surface area contributed by atoms with Crippen LogP contribution < -0.4 is 10.1 Å². The van der Waals surface area contributed by atoms with E-state index in [1.807, 2.05) is 25.1 Å². The Balaban J connectivity index is 1.66. The van der Waals surface area contributed by atoms with Gasteiger partial charge in [0.05, 0.1) is 12.4 Å². The van der Waals surface area contributed by atoms with Gasteiger partial charge in [0.1, 0.15) is 11.5 Å². The Morgan fingerprint density at radius 1 is 1.26 bits per heavy atom. The van der Waals surface area contributed by atoms with Crippen LogP contribution in [0.25, 0.3) is 6.08 Å². The Bertz CT molecular complexity index is 683. The van der Waals surface area contributed by atoms with E-state index in [1.54, 1.807) is 24.5 Å². The van der Waals surface area contributed by atoms with Crippen LogP contribution in [0.5, 0.6) is 5.75 Å². The second-order valence-corrected chi connectivity index (χ2v) is 5.79. The van der Waals surface area contributed by atoms with Crippen molar-refractivity contribution in [1.29, 1.82) is 0 Å². The van der Waals surface area contributed by atoms with Crippen molar-refractivity contribution >= 4 is 17.7 Å². The summed E-state index contributed by atoms with van der Waals surface area (Å²) < 4.78 is 11.2. The van der Waals surface area contributed by atoms with Crippen molar-refractivity contribution in [2.24, 2.45) is 0 Å². The number of amides is 1. The molecule has 0 unspecified atom stereocenters. The Hall–Kier alpha value is -2.49. The van der Waals surface area contributed by atoms with Crippen LogP contribution in [0.3, 0.4) is 0 Å². The van der Waals surface area contributed by atoms with Gasteiger partial charge in [0.25, 0.3) is 0 Å². The van der Waals surface area contributed by atoms with Gasteiger partial charge in [-0.3, -0.25) is 4.79 Å². The van der Waals surface area contributed by atoms with Gasteiger partial charge >= 0.3 is 0 Å². The first-order valence-corrected chi connectivity index (χ1v) is 8.01. The molecule has 0 atom stereocenters. The first-order valence-electron chi connectivity index (χ1n) is 8.01. The van der Waals surface area contributed by atoms with Crippen molar-refractivity contribution in [2.75, 3.05) is 5.32 Å². The summed E-state index contributed by atoms with van der Waals surface area (Å²) in [6.45, 7) is 1.97. The van der Waals surface area contributed by atoms with Crippen LogP contribution in [0.2, 0.25) is 0 Å². The Labute approximate surface area is 136 Å². The van der Waals surface area contributed by atoms with E-state index in [-0.39, 0.29) is 5.91 Å². The molecule has 0 aliphatic heterocycles. The van der Waals surface area contributed by atoms with Gasteiger partial charge in [-0.2, -0.15) is 0 Å². The summed E-state index contributed by atoms with van der Waals surface area (Å²) in [7, 11) is 0. The smallest absolute Gasteiger partial charge is 0.248 e. The largest absolute Gasteiger partial charge is 0.490 e. The number of furan rings is 1. The molecule has 0 bridgehead atoms. The molecule has 1 amide bonds. The molecule has 0 saturated heterocycles. The number of carbonyl (C=O) groups excluding carboxylic acids is 1. The molecular weight excluding hydrogens is 290 g/mol. The first-order chi connectivity index (χ1) is 11.2. The monoisotopic (exact) mass is 311 g/mol. The predicted molar refractivity (Wildman–Crippen MR) is 90.4 cm³/mol. The van der Waals surface area contributed by atoms with E-state index >= 15 is 0 Å². The zero-order valence-electron chi connectivity index (χ0n) is 13.2. The highest BCUT2D eigenvalue weighted by Crippen LogP contribution is 2.30. The predicted octanol–water partition coefficient (Wildman–Crippen LogP) is 4.56. The maximum absolute atomic E-state index is 12.0. The second kappa shape index (κ2) is 7.18. The normalized spacial score (nSPS) is 15.2. The van der Waals surface area contributed by atoms with E-state index in [2.05, 4.69) is 5.32 Å². The third-order valence-electron chi connectivity index (χ3n) is 4.08. The lowest BCUT2D eigenvalue weighted by Gasteiger charge is -2.17. The van der Waals surface area contributed by atoms with Crippen molar-refractivity contribution in [3.8, 4) is 5.75 Å². The van der Waals surface area contributed by atoms with Crippen LogP contribution in [0, 0.1) is 6.92 Å². The molecule has 120 valence electrons. The van der Waals surface area contributed by atoms with Crippen LogP contribution in [-0.2, 0) is 4.79 Å². The van der Waals surface area contributed by atoms with Gasteiger partial charge in [-0.1, -0.05) is 6.07 Å². The van der Waals surface area contributed by atoms with E-state index in [0.29, 0.717) is 11.9 Å². The number of rotatable bonds is 5. The fraction of sp³-hybridized carbons (Fsp3) is 0.316. The zero-order valence-corrected chi connectivity index (χ0v) is 13.2. The zero-order chi connectivity index (χ0) is 16.1. The van der Waals surface area contributed by atoms with Crippen LogP contribution in [0.15, 0.2) is 47.1 Å². The van der Waals surface area contributed by atoms with Gasteiger partial charge in [0.15, 0.2) is 0 Å². The van der Waals surface area contributed by atoms with E-state index < -0.39 is 0 Å². The average molecular weight is 311 g/mol. The summed E-state index contributed by atoms with van der Waals surface area (Å²) in [5, 5.41) is 2.89. The SMILES string of the molecule is Cc1c(NC(=O)/C=C/c2ccco2)cccc1OC1CCCC1. The average Bonchev–Trinajstić information content (AvgIpc) is 3.23. The van der Waals surface area contributed by atoms with Gasteiger partial charge in [-0.05, 0) is 62.9 Å². The van der Waals surface area contributed by atoms with Crippen molar-refractivity contribution < 1.29 is 13.9 Å². The molecule has 1 aromatic heterocycles. The highest BCUT2D eigenvalue weighted by molar-refractivity contribution is 6.02. The van der Waals surface area contributed by atoms with Gasteiger partial charge in [-0.25, -0.2) is 0 Å². The van der Waals surface area contributed by atoms with Crippen LogP contribution in [-0.4, -0.2) is 12.0 Å². The molecule has 0 radical (unpaired) electrons. The van der Waals surface area contributed by atoms with Crippen LogP contribution >= 0.6 is 0 Å². The third kappa shape index (κ3) is 4.03. The number of anilines is 1. The lowest BCUT2D eigenvalue weighted by atomic mass is 10.1. The highest BCUT2D eigenvalue weighted by atomic mass is 16.5. The quantitative estimate of drug-likeness (QED) is 0.823. The number of ether oxygens (including phenoxy) is 1. The molecule has 1 aliphatic rings. The minimum Gasteiger partial charge on any atom is -0.490 e. The minimum atomic E-state index is -0.192. The Morgan fingerprint density at radius 2 is 2.09 bits per heavy atom. The van der Waals surface area contributed by atoms with Gasteiger partial charge in [0, 0.05) is 17.3 Å². The number of hydrogen-bond acceptors (Lipinski definition) is 3. The fourth-order valence-corrected chi connectivity index (χ4v) is 2.78.